The van der Waals surface area contributed by atoms with Crippen LogP contribution in [0.4, 0.5) is 0 Å². The highest BCUT2D eigenvalue weighted by atomic mass is 32.1. The number of likely N-dealkylation sites (tertiary alicyclic amines) is 2. The standard InChI is InChI=1S/C14H18N2O4S.C9H17N.C5H11N/c1-20-13(19)3-2-12(18)16-6-4-10(5-7-16)14-15-11(8-17)9-21-14;1-2-7-10-8-5-3-4-6-9-10;1-4-5(2)6-3/h8-10H,2-7H2,1H3;2H,1,3-9H2;4-6H,1H2,2-3H3. The number of esters is 1. The molecule has 2 aliphatic rings. The highest BCUT2D eigenvalue weighted by molar-refractivity contribution is 7.09. The number of thiazole rings is 1. The van der Waals surface area contributed by atoms with E-state index in [1.54, 1.807) is 10.3 Å². The number of nitrogens with one attached hydrogen (secondary N) is 1. The van der Waals surface area contributed by atoms with E-state index < -0.39 is 0 Å². The normalized spacial score (nSPS) is 17.1. The van der Waals surface area contributed by atoms with Crippen molar-refractivity contribution in [3.63, 3.8) is 0 Å². The fourth-order valence-electron chi connectivity index (χ4n) is 4.01. The topological polar surface area (TPSA) is 91.8 Å². The number of hydrogen-bond donors (Lipinski definition) is 1. The lowest BCUT2D eigenvalue weighted by molar-refractivity contribution is -0.143. The Labute approximate surface area is 227 Å². The van der Waals surface area contributed by atoms with Crippen molar-refractivity contribution in [3.05, 3.63) is 41.4 Å². The first-order valence-electron chi connectivity index (χ1n) is 13.3. The molecule has 3 rings (SSSR count). The number of aldehydes is 1. The lowest BCUT2D eigenvalue weighted by Crippen LogP contribution is -2.38. The van der Waals surface area contributed by atoms with Gasteiger partial charge in [-0.05, 0) is 52.7 Å². The predicted molar refractivity (Wildman–Crippen MR) is 151 cm³/mol. The summed E-state index contributed by atoms with van der Waals surface area (Å²) < 4.78 is 4.53. The number of aromatic nitrogens is 1. The van der Waals surface area contributed by atoms with Gasteiger partial charge in [-0.25, -0.2) is 4.98 Å². The molecule has 2 saturated heterocycles. The zero-order valence-electron chi connectivity index (χ0n) is 23.0. The van der Waals surface area contributed by atoms with Crippen LogP contribution in [0.1, 0.15) is 79.7 Å². The van der Waals surface area contributed by atoms with Crippen LogP contribution < -0.4 is 5.32 Å². The summed E-state index contributed by atoms with van der Waals surface area (Å²) in [4.78, 5) is 42.2. The number of carbonyl (C=O) groups is 3. The number of methoxy groups -OCH3 is 1. The molecule has 208 valence electrons. The maximum atomic E-state index is 12.0. The third-order valence-electron chi connectivity index (χ3n) is 6.52. The van der Waals surface area contributed by atoms with E-state index in [2.05, 4.69) is 33.1 Å². The maximum absolute atomic E-state index is 12.0. The first kappa shape index (κ1) is 32.7. The van der Waals surface area contributed by atoms with Crippen LogP contribution in [0.3, 0.4) is 0 Å². The molecule has 37 heavy (non-hydrogen) atoms. The van der Waals surface area contributed by atoms with E-state index in [1.807, 2.05) is 26.1 Å². The van der Waals surface area contributed by atoms with Gasteiger partial charge in [0.05, 0.1) is 18.5 Å². The number of rotatable bonds is 9. The fourth-order valence-corrected chi connectivity index (χ4v) is 4.94. The van der Waals surface area contributed by atoms with Crippen molar-refractivity contribution in [2.24, 2.45) is 0 Å². The van der Waals surface area contributed by atoms with Crippen LogP contribution in [0.15, 0.2) is 30.7 Å². The average molecular weight is 535 g/mol. The summed E-state index contributed by atoms with van der Waals surface area (Å²) in [6.07, 6.45) is 12.2. The Hall–Kier alpha value is -2.36. The second-order valence-electron chi connectivity index (χ2n) is 9.28. The van der Waals surface area contributed by atoms with Crippen LogP contribution in [0, 0.1) is 0 Å². The predicted octanol–water partition coefficient (Wildman–Crippen LogP) is 4.44. The van der Waals surface area contributed by atoms with Crippen LogP contribution in [0.25, 0.3) is 0 Å². The molecule has 2 aliphatic heterocycles. The van der Waals surface area contributed by atoms with Gasteiger partial charge in [-0.3, -0.25) is 19.3 Å². The van der Waals surface area contributed by atoms with Gasteiger partial charge in [0.15, 0.2) is 6.29 Å². The van der Waals surface area contributed by atoms with Gasteiger partial charge in [0.2, 0.25) is 5.91 Å². The summed E-state index contributed by atoms with van der Waals surface area (Å²) in [5, 5.41) is 5.73. The Morgan fingerprint density at radius 3 is 2.27 bits per heavy atom. The molecule has 0 aliphatic carbocycles. The Morgan fingerprint density at radius 1 is 1.16 bits per heavy atom. The van der Waals surface area contributed by atoms with Crippen molar-refractivity contribution in [2.45, 2.75) is 70.3 Å². The number of ether oxygens (including phenoxy) is 1. The monoisotopic (exact) mass is 534 g/mol. The molecule has 0 aromatic carbocycles. The highest BCUT2D eigenvalue weighted by Gasteiger charge is 2.25. The van der Waals surface area contributed by atoms with Crippen LogP contribution >= 0.6 is 11.3 Å². The summed E-state index contributed by atoms with van der Waals surface area (Å²) in [6, 6.07) is 0.449. The molecule has 2 fully saturated rings. The van der Waals surface area contributed by atoms with E-state index >= 15 is 0 Å². The molecule has 0 saturated carbocycles. The lowest BCUT2D eigenvalue weighted by Gasteiger charge is -2.31. The zero-order valence-corrected chi connectivity index (χ0v) is 23.8. The molecule has 9 heteroatoms. The smallest absolute Gasteiger partial charge is 0.306 e. The van der Waals surface area contributed by atoms with Gasteiger partial charge >= 0.3 is 5.97 Å². The van der Waals surface area contributed by atoms with Gasteiger partial charge in [0.25, 0.3) is 0 Å². The van der Waals surface area contributed by atoms with Gasteiger partial charge in [-0.1, -0.05) is 25.0 Å². The molecule has 0 spiro atoms. The molecule has 0 bridgehead atoms. The first-order valence-corrected chi connectivity index (χ1v) is 14.1. The van der Waals surface area contributed by atoms with E-state index in [0.29, 0.717) is 30.7 Å². The van der Waals surface area contributed by atoms with Crippen molar-refractivity contribution in [2.75, 3.05) is 46.9 Å². The Bertz CT molecular complexity index is 813. The third-order valence-corrected chi connectivity index (χ3v) is 7.55. The van der Waals surface area contributed by atoms with Gasteiger partial charge in [-0.2, -0.15) is 0 Å². The van der Waals surface area contributed by atoms with E-state index in [-0.39, 0.29) is 24.7 Å². The fraction of sp³-hybridized carbons (Fsp3) is 0.643. The molecule has 1 N–H and O–H groups in total. The summed E-state index contributed by atoms with van der Waals surface area (Å²) in [5.41, 5.74) is 0.478. The molecular formula is C28H46N4O4S. The van der Waals surface area contributed by atoms with Crippen LogP contribution in [-0.4, -0.2) is 85.9 Å². The minimum atomic E-state index is -0.359. The van der Waals surface area contributed by atoms with Gasteiger partial charge < -0.3 is 15.0 Å². The molecule has 1 atom stereocenters. The number of carbonyl (C=O) groups excluding carboxylic acids is 3. The minimum absolute atomic E-state index is 0.00781. The van der Waals surface area contributed by atoms with Gasteiger partial charge in [-0.15, -0.1) is 24.5 Å². The second-order valence-corrected chi connectivity index (χ2v) is 10.2. The third kappa shape index (κ3) is 13.7. The second kappa shape index (κ2) is 19.7. The summed E-state index contributed by atoms with van der Waals surface area (Å²) >= 11 is 1.50. The number of hydrogen-bond acceptors (Lipinski definition) is 8. The molecule has 1 unspecified atom stereocenters. The van der Waals surface area contributed by atoms with Crippen LogP contribution in [-0.2, 0) is 14.3 Å². The highest BCUT2D eigenvalue weighted by Crippen LogP contribution is 2.30. The Kier molecular flexibility index (Phi) is 17.4. The van der Waals surface area contributed by atoms with Gasteiger partial charge in [0, 0.05) is 43.4 Å². The molecule has 1 aromatic rings. The van der Waals surface area contributed by atoms with Crippen LogP contribution in [0.2, 0.25) is 0 Å². The maximum Gasteiger partial charge on any atom is 0.306 e. The Balaban J connectivity index is 0.000000353. The van der Waals surface area contributed by atoms with Crippen molar-refractivity contribution >= 4 is 29.5 Å². The SMILES string of the molecule is C=CC(C)NC.C=CCN1CCCCCC1.COC(=O)CCC(=O)N1CCC(c2nc(C=O)cs2)CC1. The Morgan fingerprint density at radius 2 is 1.81 bits per heavy atom. The average Bonchev–Trinajstić information content (AvgIpc) is 3.28. The van der Waals surface area contributed by atoms with Crippen molar-refractivity contribution in [3.8, 4) is 0 Å². The molecule has 3 heterocycles. The van der Waals surface area contributed by atoms with Crippen molar-refractivity contribution < 1.29 is 19.1 Å². The van der Waals surface area contributed by atoms with Crippen molar-refractivity contribution in [1.82, 2.24) is 20.1 Å². The molecule has 1 aromatic heterocycles. The minimum Gasteiger partial charge on any atom is -0.469 e. The van der Waals surface area contributed by atoms with Crippen molar-refractivity contribution in [1.29, 1.82) is 0 Å². The number of piperidine rings is 1. The van der Waals surface area contributed by atoms with E-state index in [9.17, 15) is 14.4 Å². The molecular weight excluding hydrogens is 488 g/mol. The summed E-state index contributed by atoms with van der Waals surface area (Å²) in [7, 11) is 3.23. The van der Waals surface area contributed by atoms with Gasteiger partial charge in [0.1, 0.15) is 5.69 Å². The largest absolute Gasteiger partial charge is 0.469 e. The molecule has 1 amide bonds. The summed E-state index contributed by atoms with van der Waals surface area (Å²) in [6.45, 7) is 14.3. The number of amides is 1. The van der Waals surface area contributed by atoms with E-state index in [1.165, 1.54) is 57.2 Å². The quantitative estimate of drug-likeness (QED) is 0.284. The zero-order chi connectivity index (χ0) is 27.5. The van der Waals surface area contributed by atoms with E-state index in [0.717, 1.165) is 30.7 Å². The first-order chi connectivity index (χ1) is 17.9. The molecule has 8 nitrogen and oxygen atoms in total. The number of likely N-dealkylation sites (N-methyl/N-ethyl adjacent to an activating group) is 1. The van der Waals surface area contributed by atoms with E-state index in [4.69, 9.17) is 0 Å². The molecule has 0 radical (unpaired) electrons. The summed E-state index contributed by atoms with van der Waals surface area (Å²) in [5.74, 6) is -0.0534. The number of nitrogens with zero attached hydrogens (tertiary/aromatic N) is 3. The van der Waals surface area contributed by atoms with Crippen LogP contribution in [0.5, 0.6) is 0 Å². The lowest BCUT2D eigenvalue weighted by atomic mass is 9.97.